The van der Waals surface area contributed by atoms with Crippen LogP contribution >= 0.6 is 11.6 Å². The molecule has 0 radical (unpaired) electrons. The molecule has 3 rings (SSSR count). The van der Waals surface area contributed by atoms with Gasteiger partial charge in [-0.05, 0) is 19.3 Å². The lowest BCUT2D eigenvalue weighted by Gasteiger charge is -2.47. The van der Waals surface area contributed by atoms with Crippen molar-refractivity contribution in [2.75, 3.05) is 18.0 Å². The molecule has 1 N–H and O–H groups in total. The van der Waals surface area contributed by atoms with E-state index in [1.807, 2.05) is 0 Å². The Hall–Kier alpha value is -0.870. The normalized spacial score (nSPS) is 32.1. The fourth-order valence-corrected chi connectivity index (χ4v) is 3.53. The summed E-state index contributed by atoms with van der Waals surface area (Å²) in [4.78, 5) is 10.4. The van der Waals surface area contributed by atoms with E-state index in [1.165, 1.54) is 12.7 Å². The van der Waals surface area contributed by atoms with E-state index in [-0.39, 0.29) is 0 Å². The van der Waals surface area contributed by atoms with Gasteiger partial charge in [0.2, 0.25) is 0 Å². The highest BCUT2D eigenvalue weighted by Crippen LogP contribution is 2.41. The van der Waals surface area contributed by atoms with E-state index in [0.717, 1.165) is 44.6 Å². The fourth-order valence-electron chi connectivity index (χ4n) is 3.30. The van der Waals surface area contributed by atoms with Crippen LogP contribution in [0.5, 0.6) is 0 Å². The van der Waals surface area contributed by atoms with Crippen molar-refractivity contribution in [3.8, 4) is 0 Å². The number of piperidine rings is 1. The summed E-state index contributed by atoms with van der Waals surface area (Å²) in [6.45, 7) is 1.68. The summed E-state index contributed by atoms with van der Waals surface area (Å²) in [6, 6.07) is 0. The molecule has 2 aliphatic rings. The van der Waals surface area contributed by atoms with E-state index in [1.54, 1.807) is 6.20 Å². The summed E-state index contributed by atoms with van der Waals surface area (Å²) >= 11 is 6.14. The SMILES string of the molecule is OC12CCCCC1CN(c1ncncc1Cl)CC2. The number of anilines is 1. The molecule has 1 saturated heterocycles. The highest BCUT2D eigenvalue weighted by Gasteiger charge is 2.43. The average Bonchev–Trinajstić information content (AvgIpc) is 2.38. The molecule has 18 heavy (non-hydrogen) atoms. The van der Waals surface area contributed by atoms with Crippen LogP contribution in [0.15, 0.2) is 12.5 Å². The number of aliphatic hydroxyl groups is 1. The Morgan fingerprint density at radius 3 is 3.11 bits per heavy atom. The van der Waals surface area contributed by atoms with Crippen molar-refractivity contribution in [1.82, 2.24) is 9.97 Å². The molecular formula is C13H18ClN3O. The van der Waals surface area contributed by atoms with Gasteiger partial charge in [0.15, 0.2) is 5.82 Å². The van der Waals surface area contributed by atoms with Gasteiger partial charge in [0.25, 0.3) is 0 Å². The van der Waals surface area contributed by atoms with Crippen molar-refractivity contribution in [2.24, 2.45) is 5.92 Å². The van der Waals surface area contributed by atoms with Crippen LogP contribution in [0.25, 0.3) is 0 Å². The van der Waals surface area contributed by atoms with E-state index >= 15 is 0 Å². The molecule has 0 bridgehead atoms. The molecule has 0 spiro atoms. The van der Waals surface area contributed by atoms with Gasteiger partial charge in [0.1, 0.15) is 11.3 Å². The second-order valence-corrected chi connectivity index (χ2v) is 5.84. The van der Waals surface area contributed by atoms with Gasteiger partial charge < -0.3 is 10.0 Å². The quantitative estimate of drug-likeness (QED) is 0.848. The number of hydrogen-bond donors (Lipinski definition) is 1. The third kappa shape index (κ3) is 2.08. The zero-order valence-electron chi connectivity index (χ0n) is 10.3. The lowest BCUT2D eigenvalue weighted by molar-refractivity contribution is -0.0613. The van der Waals surface area contributed by atoms with Crippen molar-refractivity contribution >= 4 is 17.4 Å². The van der Waals surface area contributed by atoms with Gasteiger partial charge in [-0.25, -0.2) is 9.97 Å². The molecule has 1 aromatic rings. The first-order chi connectivity index (χ1) is 8.69. The number of rotatable bonds is 1. The molecule has 2 fully saturated rings. The van der Waals surface area contributed by atoms with Gasteiger partial charge in [-0.3, -0.25) is 0 Å². The zero-order chi connectivity index (χ0) is 12.6. The van der Waals surface area contributed by atoms with Crippen LogP contribution in [0.1, 0.15) is 32.1 Å². The standard InChI is InChI=1S/C13H18ClN3O/c14-11-7-15-9-16-12(11)17-6-5-13(18)4-2-1-3-10(13)8-17/h7,9-10,18H,1-6,8H2. The molecule has 4 nitrogen and oxygen atoms in total. The molecule has 2 unspecified atom stereocenters. The maximum absolute atomic E-state index is 10.6. The van der Waals surface area contributed by atoms with Gasteiger partial charge >= 0.3 is 0 Å². The Labute approximate surface area is 112 Å². The van der Waals surface area contributed by atoms with Crippen molar-refractivity contribution in [3.63, 3.8) is 0 Å². The highest BCUT2D eigenvalue weighted by atomic mass is 35.5. The summed E-state index contributed by atoms with van der Waals surface area (Å²) in [7, 11) is 0. The van der Waals surface area contributed by atoms with E-state index in [4.69, 9.17) is 11.6 Å². The van der Waals surface area contributed by atoms with Gasteiger partial charge in [0.05, 0.1) is 11.8 Å². The van der Waals surface area contributed by atoms with Crippen molar-refractivity contribution in [3.05, 3.63) is 17.5 Å². The van der Waals surface area contributed by atoms with Crippen LogP contribution in [-0.2, 0) is 0 Å². The number of nitrogens with zero attached hydrogens (tertiary/aromatic N) is 3. The molecule has 5 heteroatoms. The number of aromatic nitrogens is 2. The first-order valence-electron chi connectivity index (χ1n) is 6.62. The lowest BCUT2D eigenvalue weighted by atomic mass is 9.71. The van der Waals surface area contributed by atoms with Crippen LogP contribution in [0.2, 0.25) is 5.02 Å². The monoisotopic (exact) mass is 267 g/mol. The Bertz CT molecular complexity index is 442. The molecule has 0 amide bonds. The van der Waals surface area contributed by atoms with Crippen LogP contribution in [0, 0.1) is 5.92 Å². The molecular weight excluding hydrogens is 250 g/mol. The Morgan fingerprint density at radius 1 is 1.39 bits per heavy atom. The molecule has 2 atom stereocenters. The minimum Gasteiger partial charge on any atom is -0.389 e. The van der Waals surface area contributed by atoms with Gasteiger partial charge in [-0.2, -0.15) is 0 Å². The largest absolute Gasteiger partial charge is 0.389 e. The molecule has 0 aromatic carbocycles. The van der Waals surface area contributed by atoms with E-state index in [9.17, 15) is 5.11 Å². The number of fused-ring (bicyclic) bond motifs is 1. The van der Waals surface area contributed by atoms with Gasteiger partial charge in [-0.1, -0.05) is 24.4 Å². The second-order valence-electron chi connectivity index (χ2n) is 5.44. The zero-order valence-corrected chi connectivity index (χ0v) is 11.1. The van der Waals surface area contributed by atoms with Crippen molar-refractivity contribution < 1.29 is 5.11 Å². The minimum absolute atomic E-state index is 0.353. The van der Waals surface area contributed by atoms with Crippen molar-refractivity contribution in [2.45, 2.75) is 37.7 Å². The average molecular weight is 268 g/mol. The van der Waals surface area contributed by atoms with Crippen LogP contribution in [0.3, 0.4) is 0 Å². The molecule has 1 aliphatic carbocycles. The summed E-state index contributed by atoms with van der Waals surface area (Å²) in [5, 5.41) is 11.2. The second kappa shape index (κ2) is 4.67. The Balaban J connectivity index is 1.80. The lowest BCUT2D eigenvalue weighted by Crippen LogP contribution is -2.53. The van der Waals surface area contributed by atoms with Crippen LogP contribution in [0.4, 0.5) is 5.82 Å². The first-order valence-corrected chi connectivity index (χ1v) is 7.00. The third-order valence-electron chi connectivity index (χ3n) is 4.38. The molecule has 1 aromatic heterocycles. The summed E-state index contributed by atoms with van der Waals surface area (Å²) in [6.07, 6.45) is 8.41. The van der Waals surface area contributed by atoms with E-state index < -0.39 is 5.60 Å². The Morgan fingerprint density at radius 2 is 2.28 bits per heavy atom. The Kier molecular flexibility index (Phi) is 3.16. The molecule has 2 heterocycles. The maximum Gasteiger partial charge on any atom is 0.150 e. The summed E-state index contributed by atoms with van der Waals surface area (Å²) in [5.74, 6) is 1.16. The van der Waals surface area contributed by atoms with Gasteiger partial charge in [-0.15, -0.1) is 0 Å². The first kappa shape index (κ1) is 12.2. The van der Waals surface area contributed by atoms with Crippen LogP contribution < -0.4 is 4.90 Å². The van der Waals surface area contributed by atoms with Gasteiger partial charge in [0, 0.05) is 19.0 Å². The number of hydrogen-bond acceptors (Lipinski definition) is 4. The molecule has 1 saturated carbocycles. The smallest absolute Gasteiger partial charge is 0.150 e. The fraction of sp³-hybridized carbons (Fsp3) is 0.692. The van der Waals surface area contributed by atoms with Crippen LogP contribution in [-0.4, -0.2) is 33.8 Å². The highest BCUT2D eigenvalue weighted by molar-refractivity contribution is 6.32. The minimum atomic E-state index is -0.450. The summed E-state index contributed by atoms with van der Waals surface area (Å²) in [5.41, 5.74) is -0.450. The van der Waals surface area contributed by atoms with Crippen molar-refractivity contribution in [1.29, 1.82) is 0 Å². The third-order valence-corrected chi connectivity index (χ3v) is 4.64. The molecule has 98 valence electrons. The summed E-state index contributed by atoms with van der Waals surface area (Å²) < 4.78 is 0. The van der Waals surface area contributed by atoms with E-state index in [2.05, 4.69) is 14.9 Å². The topological polar surface area (TPSA) is 49.2 Å². The number of halogens is 1. The maximum atomic E-state index is 10.6. The predicted molar refractivity (Wildman–Crippen MR) is 70.8 cm³/mol. The predicted octanol–water partition coefficient (Wildman–Crippen LogP) is 2.26. The van der Waals surface area contributed by atoms with E-state index in [0.29, 0.717) is 10.9 Å². The molecule has 1 aliphatic heterocycles.